The minimum absolute atomic E-state index is 0.299. The highest BCUT2D eigenvalue weighted by molar-refractivity contribution is 6.30. The van der Waals surface area contributed by atoms with E-state index < -0.39 is 0 Å². The van der Waals surface area contributed by atoms with Gasteiger partial charge in [-0.15, -0.1) is 0 Å². The molecule has 0 amide bonds. The lowest BCUT2D eigenvalue weighted by Gasteiger charge is -2.06. The van der Waals surface area contributed by atoms with Gasteiger partial charge in [0.05, 0.1) is 5.71 Å². The van der Waals surface area contributed by atoms with E-state index in [2.05, 4.69) is 22.4 Å². The van der Waals surface area contributed by atoms with Gasteiger partial charge >= 0.3 is 0 Å². The summed E-state index contributed by atoms with van der Waals surface area (Å²) in [6.45, 7) is 2.10. The maximum atomic E-state index is 5.85. The van der Waals surface area contributed by atoms with Crippen molar-refractivity contribution in [2.45, 2.75) is 19.8 Å². The Hall–Kier alpha value is -1.55. The highest BCUT2D eigenvalue weighted by Crippen LogP contribution is 2.12. The molecule has 0 fully saturated rings. The number of halogens is 1. The standard InChI is InChI=1S/C12H17ClN4/c1-3-4-11(16-17-12(14)15-2)9-5-7-10(13)8-6-9/h5-8H,3-4H2,1-2H3,(H3,14,15,17). The van der Waals surface area contributed by atoms with Gasteiger partial charge in [-0.1, -0.05) is 37.1 Å². The van der Waals surface area contributed by atoms with E-state index in [1.165, 1.54) is 0 Å². The van der Waals surface area contributed by atoms with Crippen LogP contribution in [0, 0.1) is 0 Å². The van der Waals surface area contributed by atoms with Gasteiger partial charge in [0.2, 0.25) is 5.96 Å². The van der Waals surface area contributed by atoms with Crippen LogP contribution in [0.25, 0.3) is 0 Å². The molecule has 5 heteroatoms. The Bertz CT molecular complexity index is 409. The molecule has 1 aromatic carbocycles. The molecule has 0 atom stereocenters. The second kappa shape index (κ2) is 6.91. The molecule has 17 heavy (non-hydrogen) atoms. The summed E-state index contributed by atoms with van der Waals surface area (Å²) in [5.74, 6) is 0.299. The molecule has 0 bridgehead atoms. The van der Waals surface area contributed by atoms with Crippen LogP contribution in [-0.2, 0) is 0 Å². The number of hydrogen-bond acceptors (Lipinski definition) is 2. The molecule has 0 unspecified atom stereocenters. The van der Waals surface area contributed by atoms with Crippen molar-refractivity contribution >= 4 is 23.3 Å². The molecule has 0 saturated carbocycles. The molecule has 0 spiro atoms. The van der Waals surface area contributed by atoms with E-state index in [4.69, 9.17) is 17.3 Å². The molecule has 0 heterocycles. The lowest BCUT2D eigenvalue weighted by Crippen LogP contribution is -2.28. The average molecular weight is 253 g/mol. The van der Waals surface area contributed by atoms with E-state index in [9.17, 15) is 0 Å². The summed E-state index contributed by atoms with van der Waals surface area (Å²) in [5.41, 5.74) is 10.2. The van der Waals surface area contributed by atoms with Crippen LogP contribution in [0.1, 0.15) is 25.3 Å². The minimum atomic E-state index is 0.299. The molecule has 92 valence electrons. The van der Waals surface area contributed by atoms with Gasteiger partial charge in [-0.05, 0) is 24.1 Å². The van der Waals surface area contributed by atoms with Crippen LogP contribution >= 0.6 is 11.6 Å². The van der Waals surface area contributed by atoms with E-state index in [1.54, 1.807) is 7.05 Å². The summed E-state index contributed by atoms with van der Waals surface area (Å²) in [5, 5.41) is 4.97. The number of rotatable bonds is 4. The molecule has 3 N–H and O–H groups in total. The molecule has 0 aromatic heterocycles. The molecule has 0 radical (unpaired) electrons. The summed E-state index contributed by atoms with van der Waals surface area (Å²) in [7, 11) is 1.61. The first-order valence-electron chi connectivity index (χ1n) is 5.48. The summed E-state index contributed by atoms with van der Waals surface area (Å²) >= 11 is 5.85. The Balaban J connectivity index is 2.88. The van der Waals surface area contributed by atoms with Crippen molar-refractivity contribution in [1.82, 2.24) is 5.43 Å². The Labute approximate surface area is 107 Å². The van der Waals surface area contributed by atoms with E-state index in [1.807, 2.05) is 24.3 Å². The zero-order chi connectivity index (χ0) is 12.7. The van der Waals surface area contributed by atoms with Crippen molar-refractivity contribution in [3.8, 4) is 0 Å². The number of hydrogen-bond donors (Lipinski definition) is 2. The third-order valence-electron chi connectivity index (χ3n) is 2.21. The Morgan fingerprint density at radius 3 is 2.53 bits per heavy atom. The molecule has 1 rings (SSSR count). The Morgan fingerprint density at radius 1 is 1.35 bits per heavy atom. The smallest absolute Gasteiger partial charge is 0.209 e. The number of guanidine groups is 1. The van der Waals surface area contributed by atoms with E-state index >= 15 is 0 Å². The monoisotopic (exact) mass is 252 g/mol. The zero-order valence-corrected chi connectivity index (χ0v) is 10.8. The maximum absolute atomic E-state index is 5.85. The van der Waals surface area contributed by atoms with E-state index in [0.29, 0.717) is 11.0 Å². The Morgan fingerprint density at radius 2 is 2.00 bits per heavy atom. The lowest BCUT2D eigenvalue weighted by molar-refractivity contribution is 0.941. The normalized spacial score (nSPS) is 12.6. The number of nitrogens with two attached hydrogens (primary N) is 1. The summed E-state index contributed by atoms with van der Waals surface area (Å²) in [6, 6.07) is 7.58. The average Bonchev–Trinajstić information content (AvgIpc) is 2.35. The van der Waals surface area contributed by atoms with Crippen LogP contribution in [0.5, 0.6) is 0 Å². The first-order chi connectivity index (χ1) is 8.17. The van der Waals surface area contributed by atoms with Crippen LogP contribution in [0.3, 0.4) is 0 Å². The first kappa shape index (κ1) is 13.5. The predicted molar refractivity (Wildman–Crippen MR) is 73.6 cm³/mol. The summed E-state index contributed by atoms with van der Waals surface area (Å²) in [6.07, 6.45) is 1.87. The van der Waals surface area contributed by atoms with Crippen molar-refractivity contribution in [3.05, 3.63) is 34.9 Å². The van der Waals surface area contributed by atoms with Crippen molar-refractivity contribution in [2.75, 3.05) is 7.05 Å². The number of hydrazone groups is 1. The van der Waals surface area contributed by atoms with Gasteiger partial charge in [-0.3, -0.25) is 4.99 Å². The molecule has 1 aromatic rings. The third kappa shape index (κ3) is 4.44. The molecular formula is C12H17ClN4. The lowest BCUT2D eigenvalue weighted by atomic mass is 10.1. The van der Waals surface area contributed by atoms with Crippen LogP contribution in [-0.4, -0.2) is 18.7 Å². The Kier molecular flexibility index (Phi) is 5.49. The summed E-state index contributed by atoms with van der Waals surface area (Å²) < 4.78 is 0. The quantitative estimate of drug-likeness (QED) is 0.491. The highest BCUT2D eigenvalue weighted by Gasteiger charge is 2.03. The van der Waals surface area contributed by atoms with Crippen molar-refractivity contribution in [1.29, 1.82) is 0 Å². The van der Waals surface area contributed by atoms with Crippen LogP contribution in [0.2, 0.25) is 5.02 Å². The molecule has 0 saturated heterocycles. The van der Waals surface area contributed by atoms with Crippen LogP contribution in [0.4, 0.5) is 0 Å². The number of nitrogens with one attached hydrogen (secondary N) is 1. The van der Waals surface area contributed by atoms with Gasteiger partial charge in [-0.2, -0.15) is 5.10 Å². The van der Waals surface area contributed by atoms with Gasteiger partial charge in [0.15, 0.2) is 0 Å². The molecule has 0 aliphatic heterocycles. The largest absolute Gasteiger partial charge is 0.369 e. The van der Waals surface area contributed by atoms with Crippen molar-refractivity contribution in [3.63, 3.8) is 0 Å². The van der Waals surface area contributed by atoms with Crippen molar-refractivity contribution < 1.29 is 0 Å². The molecular weight excluding hydrogens is 236 g/mol. The molecule has 4 nitrogen and oxygen atoms in total. The van der Waals surface area contributed by atoms with Crippen LogP contribution < -0.4 is 11.2 Å². The SMILES string of the molecule is CCCC(=NNC(N)=NC)c1ccc(Cl)cc1. The molecule has 0 aliphatic rings. The fourth-order valence-electron chi connectivity index (χ4n) is 1.32. The van der Waals surface area contributed by atoms with E-state index in [0.717, 1.165) is 24.1 Å². The first-order valence-corrected chi connectivity index (χ1v) is 5.86. The highest BCUT2D eigenvalue weighted by atomic mass is 35.5. The zero-order valence-electron chi connectivity index (χ0n) is 10.1. The van der Waals surface area contributed by atoms with Gasteiger partial charge < -0.3 is 5.73 Å². The number of benzene rings is 1. The van der Waals surface area contributed by atoms with Gasteiger partial charge in [0.25, 0.3) is 0 Å². The van der Waals surface area contributed by atoms with Gasteiger partial charge in [0, 0.05) is 12.1 Å². The maximum Gasteiger partial charge on any atom is 0.209 e. The second-order valence-electron chi connectivity index (χ2n) is 3.54. The molecule has 0 aliphatic carbocycles. The van der Waals surface area contributed by atoms with Crippen molar-refractivity contribution in [2.24, 2.45) is 15.8 Å². The van der Waals surface area contributed by atoms with Crippen LogP contribution in [0.15, 0.2) is 34.4 Å². The predicted octanol–water partition coefficient (Wildman–Crippen LogP) is 2.38. The number of aliphatic imine (C=N–C) groups is 1. The number of nitrogens with zero attached hydrogens (tertiary/aromatic N) is 2. The van der Waals surface area contributed by atoms with E-state index in [-0.39, 0.29) is 0 Å². The summed E-state index contributed by atoms with van der Waals surface area (Å²) in [4.78, 5) is 3.78. The fourth-order valence-corrected chi connectivity index (χ4v) is 1.44. The van der Waals surface area contributed by atoms with Gasteiger partial charge in [0.1, 0.15) is 0 Å². The second-order valence-corrected chi connectivity index (χ2v) is 3.97. The fraction of sp³-hybridized carbons (Fsp3) is 0.333. The topological polar surface area (TPSA) is 62.8 Å². The van der Waals surface area contributed by atoms with Gasteiger partial charge in [-0.25, -0.2) is 5.43 Å². The minimum Gasteiger partial charge on any atom is -0.369 e. The third-order valence-corrected chi connectivity index (χ3v) is 2.46.